The first kappa shape index (κ1) is 16.0. The molecule has 0 saturated carbocycles. The third-order valence-electron chi connectivity index (χ3n) is 3.17. The number of morpholine rings is 1. The number of hydrogen-bond acceptors (Lipinski definition) is 6. The van der Waals surface area contributed by atoms with Gasteiger partial charge >= 0.3 is 0 Å². The number of nitrogens with zero attached hydrogens (tertiary/aromatic N) is 3. The molecule has 1 fully saturated rings. The zero-order valence-corrected chi connectivity index (χ0v) is 13.3. The molecule has 1 aliphatic rings. The third-order valence-corrected chi connectivity index (χ3v) is 3.17. The van der Waals surface area contributed by atoms with Gasteiger partial charge in [0.15, 0.2) is 5.82 Å². The first-order chi connectivity index (χ1) is 10.1. The van der Waals surface area contributed by atoms with Gasteiger partial charge in [-0.05, 0) is 12.8 Å². The number of anilines is 1. The highest BCUT2D eigenvalue weighted by Gasteiger charge is 2.26. The molecule has 1 aromatic rings. The van der Waals surface area contributed by atoms with Crippen LogP contribution in [-0.2, 0) is 9.47 Å². The van der Waals surface area contributed by atoms with Crippen LogP contribution in [0.4, 0.5) is 5.82 Å². The van der Waals surface area contributed by atoms with Gasteiger partial charge in [-0.15, -0.1) is 0 Å². The van der Waals surface area contributed by atoms with E-state index >= 15 is 0 Å². The van der Waals surface area contributed by atoms with Crippen LogP contribution in [0, 0.1) is 5.92 Å². The van der Waals surface area contributed by atoms with E-state index in [1.165, 1.54) is 0 Å². The Hall–Kier alpha value is -1.40. The topological polar surface area (TPSA) is 56.7 Å². The largest absolute Gasteiger partial charge is 0.476 e. The van der Waals surface area contributed by atoms with E-state index in [1.54, 1.807) is 19.5 Å². The minimum atomic E-state index is 0.0563. The maximum Gasteiger partial charge on any atom is 0.234 e. The predicted octanol–water partition coefficient (Wildman–Crippen LogP) is 1.75. The summed E-state index contributed by atoms with van der Waals surface area (Å²) in [6, 6.07) is 0. The number of hydrogen-bond donors (Lipinski definition) is 0. The smallest absolute Gasteiger partial charge is 0.234 e. The van der Waals surface area contributed by atoms with Crippen molar-refractivity contribution in [1.29, 1.82) is 0 Å². The summed E-state index contributed by atoms with van der Waals surface area (Å²) in [5.41, 5.74) is 0. The van der Waals surface area contributed by atoms with Crippen LogP contribution in [-0.4, -0.2) is 55.6 Å². The molecule has 0 amide bonds. The van der Waals surface area contributed by atoms with Crippen LogP contribution in [0.3, 0.4) is 0 Å². The van der Waals surface area contributed by atoms with Gasteiger partial charge in [-0.25, -0.2) is 0 Å². The van der Waals surface area contributed by atoms with Gasteiger partial charge in [0, 0.05) is 20.2 Å². The average Bonchev–Trinajstić information content (AvgIpc) is 2.45. The van der Waals surface area contributed by atoms with E-state index in [-0.39, 0.29) is 12.2 Å². The maximum absolute atomic E-state index is 5.84. The maximum atomic E-state index is 5.84. The Morgan fingerprint density at radius 3 is 2.90 bits per heavy atom. The van der Waals surface area contributed by atoms with Gasteiger partial charge in [-0.2, -0.15) is 4.98 Å². The number of ether oxygens (including phenoxy) is 3. The first-order valence-electron chi connectivity index (χ1n) is 7.42. The van der Waals surface area contributed by atoms with Crippen LogP contribution in [0.5, 0.6) is 5.88 Å². The summed E-state index contributed by atoms with van der Waals surface area (Å²) in [4.78, 5) is 10.9. The molecule has 0 radical (unpaired) electrons. The molecular formula is C15H25N3O3. The monoisotopic (exact) mass is 295 g/mol. The summed E-state index contributed by atoms with van der Waals surface area (Å²) in [5.74, 6) is 1.86. The molecule has 1 aromatic heterocycles. The van der Waals surface area contributed by atoms with Gasteiger partial charge in [0.1, 0.15) is 0 Å². The molecule has 118 valence electrons. The van der Waals surface area contributed by atoms with Crippen molar-refractivity contribution in [2.75, 3.05) is 38.3 Å². The van der Waals surface area contributed by atoms with Gasteiger partial charge < -0.3 is 19.1 Å². The molecule has 0 aliphatic carbocycles. The normalized spacial score (nSPS) is 22.6. The average molecular weight is 295 g/mol. The summed E-state index contributed by atoms with van der Waals surface area (Å²) < 4.78 is 16.7. The van der Waals surface area contributed by atoms with Crippen molar-refractivity contribution in [2.24, 2.45) is 5.92 Å². The quantitative estimate of drug-likeness (QED) is 0.797. The predicted molar refractivity (Wildman–Crippen MR) is 80.8 cm³/mol. The van der Waals surface area contributed by atoms with Gasteiger partial charge in [-0.1, -0.05) is 13.8 Å². The standard InChI is InChI=1S/C15H25N3O3/c1-11(2)9-20-15-6-16-5-14(17-15)18-7-12(3)21-13(8-18)10-19-4/h5-6,11-13H,7-10H2,1-4H3. The lowest BCUT2D eigenvalue weighted by molar-refractivity contribution is -0.0513. The Labute approximate surface area is 126 Å². The molecule has 0 spiro atoms. The van der Waals surface area contributed by atoms with Gasteiger partial charge in [-0.3, -0.25) is 4.98 Å². The number of methoxy groups -OCH3 is 1. The lowest BCUT2D eigenvalue weighted by Gasteiger charge is -2.37. The fourth-order valence-electron chi connectivity index (χ4n) is 2.32. The fourth-order valence-corrected chi connectivity index (χ4v) is 2.32. The zero-order chi connectivity index (χ0) is 15.2. The highest BCUT2D eigenvalue weighted by molar-refractivity contribution is 5.38. The Morgan fingerprint density at radius 1 is 1.38 bits per heavy atom. The molecule has 1 saturated heterocycles. The molecule has 0 N–H and O–H groups in total. The van der Waals surface area contributed by atoms with Crippen molar-refractivity contribution in [3.63, 3.8) is 0 Å². The van der Waals surface area contributed by atoms with Crippen molar-refractivity contribution in [1.82, 2.24) is 9.97 Å². The van der Waals surface area contributed by atoms with Gasteiger partial charge in [0.25, 0.3) is 0 Å². The summed E-state index contributed by atoms with van der Waals surface area (Å²) in [7, 11) is 1.69. The van der Waals surface area contributed by atoms with E-state index in [9.17, 15) is 0 Å². The molecule has 2 atom stereocenters. The summed E-state index contributed by atoms with van der Waals surface area (Å²) in [6.45, 7) is 9.04. The summed E-state index contributed by atoms with van der Waals surface area (Å²) in [6.07, 6.45) is 3.62. The second-order valence-corrected chi connectivity index (χ2v) is 5.85. The van der Waals surface area contributed by atoms with E-state index in [1.807, 2.05) is 0 Å². The van der Waals surface area contributed by atoms with Crippen LogP contribution in [0.15, 0.2) is 12.4 Å². The summed E-state index contributed by atoms with van der Waals surface area (Å²) >= 11 is 0. The molecule has 6 heteroatoms. The van der Waals surface area contributed by atoms with Crippen LogP contribution < -0.4 is 9.64 Å². The molecule has 0 bridgehead atoms. The SMILES string of the molecule is COCC1CN(c2cncc(OCC(C)C)n2)CC(C)O1. The lowest BCUT2D eigenvalue weighted by Crippen LogP contribution is -2.48. The third kappa shape index (κ3) is 4.82. The minimum absolute atomic E-state index is 0.0563. The van der Waals surface area contributed by atoms with Crippen molar-refractivity contribution >= 4 is 5.82 Å². The summed E-state index contributed by atoms with van der Waals surface area (Å²) in [5, 5.41) is 0. The molecule has 21 heavy (non-hydrogen) atoms. The number of aromatic nitrogens is 2. The molecular weight excluding hydrogens is 270 g/mol. The van der Waals surface area contributed by atoms with E-state index in [2.05, 4.69) is 35.6 Å². The fraction of sp³-hybridized carbons (Fsp3) is 0.733. The molecule has 2 rings (SSSR count). The van der Waals surface area contributed by atoms with E-state index in [0.29, 0.717) is 25.0 Å². The van der Waals surface area contributed by atoms with Gasteiger partial charge in [0.2, 0.25) is 5.88 Å². The Bertz CT molecular complexity index is 442. The van der Waals surface area contributed by atoms with Crippen molar-refractivity contribution in [3.05, 3.63) is 12.4 Å². The van der Waals surface area contributed by atoms with Crippen molar-refractivity contribution < 1.29 is 14.2 Å². The first-order valence-corrected chi connectivity index (χ1v) is 7.42. The minimum Gasteiger partial charge on any atom is -0.476 e. The highest BCUT2D eigenvalue weighted by Crippen LogP contribution is 2.20. The second-order valence-electron chi connectivity index (χ2n) is 5.85. The molecule has 1 aliphatic heterocycles. The zero-order valence-electron chi connectivity index (χ0n) is 13.3. The van der Waals surface area contributed by atoms with Crippen LogP contribution in [0.2, 0.25) is 0 Å². The molecule has 0 aromatic carbocycles. The molecule has 2 unspecified atom stereocenters. The van der Waals surface area contributed by atoms with E-state index in [0.717, 1.165) is 18.9 Å². The Balaban J connectivity index is 2.04. The number of rotatable bonds is 6. The Kier molecular flexibility index (Phi) is 5.76. The van der Waals surface area contributed by atoms with E-state index in [4.69, 9.17) is 14.2 Å². The Morgan fingerprint density at radius 2 is 2.19 bits per heavy atom. The van der Waals surface area contributed by atoms with Crippen LogP contribution in [0.25, 0.3) is 0 Å². The molecule has 6 nitrogen and oxygen atoms in total. The lowest BCUT2D eigenvalue weighted by atomic mass is 10.2. The van der Waals surface area contributed by atoms with Crippen LogP contribution in [0.1, 0.15) is 20.8 Å². The van der Waals surface area contributed by atoms with Crippen molar-refractivity contribution in [3.8, 4) is 5.88 Å². The van der Waals surface area contributed by atoms with Gasteiger partial charge in [0.05, 0.1) is 37.8 Å². The highest BCUT2D eigenvalue weighted by atomic mass is 16.5. The second kappa shape index (κ2) is 7.56. The van der Waals surface area contributed by atoms with Crippen molar-refractivity contribution in [2.45, 2.75) is 33.0 Å². The van der Waals surface area contributed by atoms with Crippen LogP contribution >= 0.6 is 0 Å². The van der Waals surface area contributed by atoms with E-state index < -0.39 is 0 Å². The molecule has 2 heterocycles.